The molecule has 0 spiro atoms. The largest absolute Gasteiger partial charge is 0.416 e. The van der Waals surface area contributed by atoms with E-state index in [1.807, 2.05) is 12.1 Å². The fourth-order valence-corrected chi connectivity index (χ4v) is 9.57. The van der Waals surface area contributed by atoms with Crippen LogP contribution in [0.5, 0.6) is 0 Å². The summed E-state index contributed by atoms with van der Waals surface area (Å²) in [5.74, 6) is 0. The van der Waals surface area contributed by atoms with Gasteiger partial charge in [0, 0.05) is 22.0 Å². The van der Waals surface area contributed by atoms with Gasteiger partial charge in [-0.15, -0.1) is 0 Å². The maximum atomic E-state index is 14.2. The molecule has 0 aliphatic heterocycles. The first-order valence-electron chi connectivity index (χ1n) is 23.1. The van der Waals surface area contributed by atoms with Crippen molar-refractivity contribution in [2.75, 3.05) is 0 Å². The summed E-state index contributed by atoms with van der Waals surface area (Å²) in [5.41, 5.74) is -26.4. The molecule has 0 amide bonds. The van der Waals surface area contributed by atoms with Gasteiger partial charge in [-0.1, -0.05) is 121 Å². The van der Waals surface area contributed by atoms with Gasteiger partial charge in [0.1, 0.15) is 6.15 Å². The smallest absolute Gasteiger partial charge is 0.197 e. The van der Waals surface area contributed by atoms with Crippen molar-refractivity contribution >= 4 is 50.4 Å². The Labute approximate surface area is 451 Å². The highest BCUT2D eigenvalue weighted by atomic mass is 35.5. The minimum Gasteiger partial charge on any atom is -0.197 e. The van der Waals surface area contributed by atoms with Gasteiger partial charge in [-0.25, -0.2) is 0 Å². The Hall–Kier alpha value is -7.38. The predicted octanol–water partition coefficient (Wildman–Crippen LogP) is 16.6. The molecular weight excluding hydrogens is 1180 g/mol. The molecule has 0 aliphatic carbocycles. The molecule has 0 fully saturated rings. The minimum absolute atomic E-state index is 0.691. The van der Waals surface area contributed by atoms with Gasteiger partial charge in [0.05, 0.1) is 50.9 Å². The fraction of sp³-hybridized carbons (Fsp3) is 0.182. The van der Waals surface area contributed by atoms with Crippen LogP contribution >= 0.6 is 11.6 Å². The Morgan fingerprint density at radius 3 is 0.939 bits per heavy atom. The van der Waals surface area contributed by atoms with Crippen LogP contribution in [0.1, 0.15) is 61.3 Å². The average molecular weight is 1210 g/mol. The van der Waals surface area contributed by atoms with E-state index < -0.39 is 195 Å². The topological polar surface area (TPSA) is 3.88 Å². The van der Waals surface area contributed by atoms with Crippen LogP contribution < -0.4 is 26.4 Å². The zero-order valence-electron chi connectivity index (χ0n) is 40.5. The monoisotopic (exact) mass is 1210 g/mol. The van der Waals surface area contributed by atoms with Crippen LogP contribution in [0.25, 0.3) is 10.8 Å². The highest BCUT2D eigenvalue weighted by Gasteiger charge is 2.47. The third-order valence-electron chi connectivity index (χ3n) is 12.9. The van der Waals surface area contributed by atoms with Crippen molar-refractivity contribution in [1.82, 2.24) is 0 Å². The molecule has 27 heteroatoms. The molecule has 1 heterocycles. The molecular formula is C55H31BClF24N. The molecule has 1 nitrogen and oxygen atoms in total. The first-order valence-corrected chi connectivity index (χ1v) is 23.5. The van der Waals surface area contributed by atoms with E-state index in [2.05, 4.69) is 83.6 Å². The van der Waals surface area contributed by atoms with Crippen molar-refractivity contribution in [3.05, 3.63) is 230 Å². The quantitative estimate of drug-likeness (QED) is 0.0811. The van der Waals surface area contributed by atoms with Crippen LogP contribution in [0, 0.1) is 0 Å². The van der Waals surface area contributed by atoms with Crippen molar-refractivity contribution in [2.24, 2.45) is 0 Å². The van der Waals surface area contributed by atoms with Crippen LogP contribution in [-0.4, -0.2) is 6.15 Å². The summed E-state index contributed by atoms with van der Waals surface area (Å²) in [5, 5.41) is 3.34. The number of nitrogens with zero attached hydrogens (tertiary/aromatic N) is 1. The van der Waals surface area contributed by atoms with Gasteiger partial charge in [-0.2, -0.15) is 132 Å². The molecule has 0 unspecified atom stereocenters. The molecule has 434 valence electrons. The molecule has 8 aromatic rings. The summed E-state index contributed by atoms with van der Waals surface area (Å²) in [6.07, 6.45) is -51.8. The molecule has 0 N–H and O–H groups in total. The molecule has 8 rings (SSSR count). The normalized spacial score (nSPS) is 13.3. The molecule has 7 aromatic carbocycles. The van der Waals surface area contributed by atoms with E-state index in [1.54, 1.807) is 0 Å². The fourth-order valence-electron chi connectivity index (χ4n) is 9.36. The summed E-state index contributed by atoms with van der Waals surface area (Å²) in [7, 11) is 0. The molecule has 0 atom stereocenters. The third-order valence-corrected chi connectivity index (χ3v) is 13.2. The number of rotatable bonds is 8. The van der Waals surface area contributed by atoms with E-state index in [0.717, 1.165) is 18.0 Å². The Bertz CT molecular complexity index is 3170. The number of pyridine rings is 1. The van der Waals surface area contributed by atoms with E-state index >= 15 is 0 Å². The number of aromatic nitrogens is 1. The second kappa shape index (κ2) is 22.1. The zero-order chi connectivity index (χ0) is 61.0. The zero-order valence-corrected chi connectivity index (χ0v) is 41.2. The predicted molar refractivity (Wildman–Crippen MR) is 254 cm³/mol. The average Bonchev–Trinajstić information content (AvgIpc) is 1.20. The van der Waals surface area contributed by atoms with Gasteiger partial charge < -0.3 is 0 Å². The highest BCUT2D eigenvalue weighted by Crippen LogP contribution is 2.42. The first kappa shape index (κ1) is 62.2. The van der Waals surface area contributed by atoms with Crippen molar-refractivity contribution in [3.63, 3.8) is 0 Å². The number of alkyl halides is 24. The maximum Gasteiger partial charge on any atom is 0.416 e. The number of halogens is 25. The van der Waals surface area contributed by atoms with Crippen LogP contribution in [-0.2, 0) is 62.4 Å². The SMILES string of the molecule is Clc1cccc(Cc2c3ccccc3cc[n+]2Cc2ccccc2)c1.FC(F)(F)c1cc([B-](c2cc(C(F)(F)F)cc(C(F)(F)F)c2)(c2cc(C(F)(F)F)cc(C(F)(F)F)c2)c2cc(C(F)(F)F)cc(C(F)(F)F)c2)cc(C(F)(F)F)c1. The Balaban J connectivity index is 0.000000318. The van der Waals surface area contributed by atoms with Gasteiger partial charge in [-0.05, 0) is 53.4 Å². The molecule has 0 bridgehead atoms. The summed E-state index contributed by atoms with van der Waals surface area (Å²) in [4.78, 5) is 0. The van der Waals surface area contributed by atoms with E-state index in [4.69, 9.17) is 11.6 Å². The van der Waals surface area contributed by atoms with Crippen molar-refractivity contribution < 1.29 is 110 Å². The Morgan fingerprint density at radius 1 is 0.317 bits per heavy atom. The van der Waals surface area contributed by atoms with Crippen LogP contribution in [0.2, 0.25) is 5.02 Å². The number of fused-ring (bicyclic) bond motifs is 1. The van der Waals surface area contributed by atoms with Gasteiger partial charge in [0.2, 0.25) is 0 Å². The number of hydrogen-bond acceptors (Lipinski definition) is 0. The molecule has 0 radical (unpaired) electrons. The van der Waals surface area contributed by atoms with E-state index in [0.29, 0.717) is 0 Å². The van der Waals surface area contributed by atoms with Crippen molar-refractivity contribution in [2.45, 2.75) is 62.4 Å². The summed E-state index contributed by atoms with van der Waals surface area (Å²) < 4.78 is 343. The summed E-state index contributed by atoms with van der Waals surface area (Å²) >= 11 is 6.19. The molecule has 82 heavy (non-hydrogen) atoms. The van der Waals surface area contributed by atoms with Gasteiger partial charge in [-0.3, -0.25) is 0 Å². The van der Waals surface area contributed by atoms with E-state index in [1.165, 1.54) is 27.6 Å². The van der Waals surface area contributed by atoms with Crippen LogP contribution in [0.15, 0.2) is 164 Å². The van der Waals surface area contributed by atoms with E-state index in [-0.39, 0.29) is 0 Å². The first-order chi connectivity index (χ1) is 37.6. The molecule has 0 saturated heterocycles. The number of hydrogen-bond donors (Lipinski definition) is 0. The second-order valence-corrected chi connectivity index (χ2v) is 18.9. The molecule has 0 saturated carbocycles. The lowest BCUT2D eigenvalue weighted by atomic mass is 9.12. The lowest BCUT2D eigenvalue weighted by Gasteiger charge is -2.46. The number of benzene rings is 7. The minimum atomic E-state index is -6.13. The molecule has 1 aromatic heterocycles. The summed E-state index contributed by atoms with van der Waals surface area (Å²) in [6.45, 7) is 0.863. The standard InChI is InChI=1S/C32H12BF24.C23H19ClN/c34-25(35,36)13-1-14(26(37,38)39)6-21(5-13)33(22-7-15(27(40,41)42)2-16(8-22)28(43,44)45,23-9-17(29(46,47)48)3-18(10-23)30(49,50)51)24-11-19(31(52,53)54)4-20(12-24)32(55,56)57;24-21-11-6-9-19(15-21)16-23-22-12-5-4-10-20(22)13-14-25(23)17-18-7-2-1-3-8-18/h1-12H;1-15H,16-17H2/q-1;+1. The van der Waals surface area contributed by atoms with Crippen molar-refractivity contribution in [3.8, 4) is 0 Å². The lowest BCUT2D eigenvalue weighted by molar-refractivity contribution is -0.693. The Kier molecular flexibility index (Phi) is 16.8. The van der Waals surface area contributed by atoms with Crippen molar-refractivity contribution in [1.29, 1.82) is 0 Å². The van der Waals surface area contributed by atoms with Crippen LogP contribution in [0.4, 0.5) is 105 Å². The second-order valence-electron chi connectivity index (χ2n) is 18.5. The van der Waals surface area contributed by atoms with E-state index in [9.17, 15) is 105 Å². The highest BCUT2D eigenvalue weighted by molar-refractivity contribution is 7.20. The van der Waals surface area contributed by atoms with Crippen LogP contribution in [0.3, 0.4) is 0 Å². The molecule has 0 aliphatic rings. The van der Waals surface area contributed by atoms with Gasteiger partial charge in [0.15, 0.2) is 18.4 Å². The summed E-state index contributed by atoms with van der Waals surface area (Å²) in [6, 6.07) is 20.7. The third kappa shape index (κ3) is 14.1. The lowest BCUT2D eigenvalue weighted by Crippen LogP contribution is -2.75. The van der Waals surface area contributed by atoms with Gasteiger partial charge in [0.25, 0.3) is 0 Å². The Morgan fingerprint density at radius 2 is 0.622 bits per heavy atom. The maximum absolute atomic E-state index is 14.2. The van der Waals surface area contributed by atoms with Gasteiger partial charge >= 0.3 is 49.4 Å².